The predicted molar refractivity (Wildman–Crippen MR) is 83.5 cm³/mol. The van der Waals surface area contributed by atoms with Gasteiger partial charge in [0.25, 0.3) is 0 Å². The third kappa shape index (κ3) is 2.45. The van der Waals surface area contributed by atoms with Crippen LogP contribution in [0.25, 0.3) is 0 Å². The summed E-state index contributed by atoms with van der Waals surface area (Å²) in [6.45, 7) is 3.28. The molecule has 1 fully saturated rings. The summed E-state index contributed by atoms with van der Waals surface area (Å²) in [5, 5.41) is 29.9. The average molecular weight is 303 g/mol. The molecule has 1 spiro atoms. The zero-order valence-corrected chi connectivity index (χ0v) is 12.8. The van der Waals surface area contributed by atoms with Crippen molar-refractivity contribution >= 4 is 13.0 Å². The summed E-state index contributed by atoms with van der Waals surface area (Å²) < 4.78 is 0. The van der Waals surface area contributed by atoms with Crippen LogP contribution in [0, 0.1) is 0 Å². The molecule has 22 heavy (non-hydrogen) atoms. The third-order valence-corrected chi connectivity index (χ3v) is 5.36. The van der Waals surface area contributed by atoms with E-state index in [9.17, 15) is 14.9 Å². The van der Waals surface area contributed by atoms with Crippen molar-refractivity contribution in [2.75, 3.05) is 13.1 Å². The molecule has 0 radical (unpaired) electrons. The number of rotatable bonds is 3. The molecule has 1 saturated heterocycles. The van der Waals surface area contributed by atoms with Gasteiger partial charge in [-0.25, -0.2) is 0 Å². The Bertz CT molecular complexity index is 583. The molecule has 1 heterocycles. The predicted octanol–water partition coefficient (Wildman–Crippen LogP) is 1.20. The number of fused-ring (bicyclic) bond motifs is 2. The number of benzene rings is 1. The Balaban J connectivity index is 1.94. The lowest BCUT2D eigenvalue weighted by molar-refractivity contribution is -0.143. The van der Waals surface area contributed by atoms with Crippen LogP contribution in [0.1, 0.15) is 36.8 Å². The quantitative estimate of drug-likeness (QED) is 0.731. The number of piperidine rings is 1. The number of aliphatic hydroxyl groups is 1. The Morgan fingerprint density at radius 1 is 1.27 bits per heavy atom. The molecule has 6 heteroatoms. The van der Waals surface area contributed by atoms with E-state index >= 15 is 0 Å². The fourth-order valence-electron chi connectivity index (χ4n) is 4.28. The van der Waals surface area contributed by atoms with Crippen LogP contribution in [0.4, 0.5) is 0 Å². The van der Waals surface area contributed by atoms with Crippen LogP contribution >= 0.6 is 0 Å². The van der Waals surface area contributed by atoms with E-state index in [0.29, 0.717) is 6.42 Å². The average Bonchev–Trinajstić information content (AvgIpc) is 2.68. The zero-order chi connectivity index (χ0) is 16.0. The van der Waals surface area contributed by atoms with E-state index < -0.39 is 18.6 Å². The van der Waals surface area contributed by atoms with Crippen molar-refractivity contribution in [1.29, 1.82) is 0 Å². The van der Waals surface area contributed by atoms with Crippen molar-refractivity contribution in [3.8, 4) is 0 Å². The summed E-state index contributed by atoms with van der Waals surface area (Å²) in [6, 6.07) is 7.69. The lowest BCUT2D eigenvalue weighted by Crippen LogP contribution is -2.48. The summed E-state index contributed by atoms with van der Waals surface area (Å²) in [5.41, 5.74) is 0.397. The number of nitrogens with zero attached hydrogens (tertiary/aromatic N) is 1. The van der Waals surface area contributed by atoms with E-state index in [4.69, 9.17) is 5.11 Å². The van der Waals surface area contributed by atoms with E-state index in [1.807, 2.05) is 29.1 Å². The lowest BCUT2D eigenvalue weighted by atomic mass is 9.70. The Morgan fingerprint density at radius 3 is 2.41 bits per heavy atom. The minimum Gasteiger partial charge on any atom is -0.481 e. The van der Waals surface area contributed by atoms with Crippen LogP contribution < -0.4 is 0 Å². The van der Waals surface area contributed by atoms with E-state index in [1.165, 1.54) is 0 Å². The maximum Gasteiger partial charge on any atom is 0.376 e. The van der Waals surface area contributed by atoms with Gasteiger partial charge in [0, 0.05) is 5.41 Å². The molecule has 1 aromatic rings. The molecular formula is C16H22BNO4. The summed E-state index contributed by atoms with van der Waals surface area (Å²) >= 11 is 0. The number of hydrogen-bond donors (Lipinski definition) is 3. The summed E-state index contributed by atoms with van der Waals surface area (Å²) in [5.74, 6) is -0.976. The first kappa shape index (κ1) is 15.5. The van der Waals surface area contributed by atoms with Crippen LogP contribution in [-0.2, 0) is 15.8 Å². The SMILES string of the molecule is CB(O)N1CCC2(CC1)CC(O)(CC(=O)O)c1ccccc12. The second kappa shape index (κ2) is 5.37. The Labute approximate surface area is 130 Å². The van der Waals surface area contributed by atoms with Crippen molar-refractivity contribution < 1.29 is 20.0 Å². The second-order valence-electron chi connectivity index (χ2n) is 6.77. The normalized spacial score (nSPS) is 26.9. The molecular weight excluding hydrogens is 281 g/mol. The van der Waals surface area contributed by atoms with Crippen molar-refractivity contribution in [3.05, 3.63) is 35.4 Å². The highest BCUT2D eigenvalue weighted by molar-refractivity contribution is 6.45. The molecule has 1 aromatic carbocycles. The number of carboxylic acids is 1. The Morgan fingerprint density at radius 2 is 1.86 bits per heavy atom. The van der Waals surface area contributed by atoms with E-state index in [2.05, 4.69) is 0 Å². The molecule has 3 N–H and O–H groups in total. The monoisotopic (exact) mass is 303 g/mol. The maximum atomic E-state index is 11.2. The molecule has 5 nitrogen and oxygen atoms in total. The molecule has 118 valence electrons. The van der Waals surface area contributed by atoms with Gasteiger partial charge in [0.1, 0.15) is 5.60 Å². The lowest BCUT2D eigenvalue weighted by Gasteiger charge is -2.41. The molecule has 3 rings (SSSR count). The molecule has 1 aliphatic carbocycles. The van der Waals surface area contributed by atoms with Gasteiger partial charge in [-0.1, -0.05) is 24.3 Å². The summed E-state index contributed by atoms with van der Waals surface area (Å²) in [7, 11) is -0.466. The first-order valence-corrected chi connectivity index (χ1v) is 7.83. The van der Waals surface area contributed by atoms with Crippen LogP contribution in [0.5, 0.6) is 0 Å². The fraction of sp³-hybridized carbons (Fsp3) is 0.562. The Hall–Kier alpha value is -1.37. The van der Waals surface area contributed by atoms with Crippen LogP contribution in [-0.4, -0.2) is 46.2 Å². The molecule has 1 unspecified atom stereocenters. The number of carbonyl (C=O) groups is 1. The third-order valence-electron chi connectivity index (χ3n) is 5.36. The molecule has 0 aromatic heterocycles. The van der Waals surface area contributed by atoms with Crippen LogP contribution in [0.2, 0.25) is 6.82 Å². The van der Waals surface area contributed by atoms with Crippen molar-refractivity contribution in [2.45, 2.75) is 43.5 Å². The largest absolute Gasteiger partial charge is 0.481 e. The van der Waals surface area contributed by atoms with Gasteiger partial charge >= 0.3 is 13.0 Å². The second-order valence-corrected chi connectivity index (χ2v) is 6.77. The molecule has 0 amide bonds. The summed E-state index contributed by atoms with van der Waals surface area (Å²) in [6.07, 6.45) is 1.86. The van der Waals surface area contributed by atoms with E-state index in [0.717, 1.165) is 37.1 Å². The van der Waals surface area contributed by atoms with Gasteiger partial charge in [0.05, 0.1) is 6.42 Å². The molecule has 1 atom stereocenters. The maximum absolute atomic E-state index is 11.2. The summed E-state index contributed by atoms with van der Waals surface area (Å²) in [4.78, 5) is 13.2. The highest BCUT2D eigenvalue weighted by atomic mass is 16.4. The van der Waals surface area contributed by atoms with Crippen molar-refractivity contribution in [1.82, 2.24) is 4.81 Å². The Kier molecular flexibility index (Phi) is 3.79. The molecule has 1 aliphatic heterocycles. The fourth-order valence-corrected chi connectivity index (χ4v) is 4.28. The van der Waals surface area contributed by atoms with Gasteiger partial charge in [0.15, 0.2) is 0 Å². The number of carboxylic acid groups (broad SMARTS) is 1. The van der Waals surface area contributed by atoms with E-state index in [1.54, 1.807) is 6.82 Å². The first-order valence-electron chi connectivity index (χ1n) is 7.83. The van der Waals surface area contributed by atoms with Gasteiger partial charge in [-0.15, -0.1) is 0 Å². The standard InChI is InChI=1S/C16H22BNO4/c1-17(22)18-8-6-15(7-9-18)11-16(21,10-14(19)20)13-5-3-2-4-12(13)15/h2-5,21-22H,6-11H2,1H3,(H,19,20). The van der Waals surface area contributed by atoms with Crippen LogP contribution in [0.3, 0.4) is 0 Å². The zero-order valence-electron chi connectivity index (χ0n) is 12.8. The topological polar surface area (TPSA) is 81.0 Å². The molecule has 2 aliphatic rings. The minimum absolute atomic E-state index is 0.174. The van der Waals surface area contributed by atoms with Gasteiger partial charge in [-0.2, -0.15) is 0 Å². The molecule has 0 bridgehead atoms. The minimum atomic E-state index is -1.28. The van der Waals surface area contributed by atoms with Crippen molar-refractivity contribution in [2.24, 2.45) is 0 Å². The van der Waals surface area contributed by atoms with Crippen molar-refractivity contribution in [3.63, 3.8) is 0 Å². The van der Waals surface area contributed by atoms with Gasteiger partial charge < -0.3 is 20.0 Å². The smallest absolute Gasteiger partial charge is 0.376 e. The van der Waals surface area contributed by atoms with E-state index in [-0.39, 0.29) is 11.8 Å². The molecule has 0 saturated carbocycles. The highest BCUT2D eigenvalue weighted by Gasteiger charge is 2.53. The first-order chi connectivity index (χ1) is 10.4. The number of hydrogen-bond acceptors (Lipinski definition) is 4. The van der Waals surface area contributed by atoms with Gasteiger partial charge in [-0.05, 0) is 50.3 Å². The van der Waals surface area contributed by atoms with Gasteiger partial charge in [-0.3, -0.25) is 4.79 Å². The number of aliphatic carboxylic acids is 1. The van der Waals surface area contributed by atoms with Crippen LogP contribution in [0.15, 0.2) is 24.3 Å². The van der Waals surface area contributed by atoms with Gasteiger partial charge in [0.2, 0.25) is 0 Å². The highest BCUT2D eigenvalue weighted by Crippen LogP contribution is 2.54.